The highest BCUT2D eigenvalue weighted by atomic mass is 35.5. The van der Waals surface area contributed by atoms with Crippen molar-refractivity contribution in [1.29, 1.82) is 5.26 Å². The number of hydrogen-bond acceptors (Lipinski definition) is 8. The highest BCUT2D eigenvalue weighted by Gasteiger charge is 2.55. The summed E-state index contributed by atoms with van der Waals surface area (Å²) < 4.78 is 15.8. The smallest absolute Gasteiger partial charge is 0.250 e. The first kappa shape index (κ1) is 29.8. The molecule has 2 N–H and O–H groups in total. The van der Waals surface area contributed by atoms with Gasteiger partial charge in [0, 0.05) is 48.2 Å². The van der Waals surface area contributed by atoms with Crippen LogP contribution in [0.2, 0.25) is 5.02 Å². The zero-order valence-corrected chi connectivity index (χ0v) is 26.0. The van der Waals surface area contributed by atoms with Gasteiger partial charge in [0.25, 0.3) is 5.91 Å². The average molecular weight is 616 g/mol. The number of amides is 1. The summed E-state index contributed by atoms with van der Waals surface area (Å²) in [6.45, 7) is 10.2. The maximum absolute atomic E-state index is 14.1. The van der Waals surface area contributed by atoms with Gasteiger partial charge in [-0.1, -0.05) is 43.7 Å². The lowest BCUT2D eigenvalue weighted by Crippen LogP contribution is -2.41. The third-order valence-electron chi connectivity index (χ3n) is 8.32. The normalized spacial score (nSPS) is 16.5. The number of carbonyl (C=O) groups excluding carboxylic acids is 1. The van der Waals surface area contributed by atoms with Crippen molar-refractivity contribution < 1.29 is 9.18 Å². The molecule has 0 spiro atoms. The van der Waals surface area contributed by atoms with Crippen molar-refractivity contribution in [2.75, 3.05) is 30.3 Å². The van der Waals surface area contributed by atoms with Gasteiger partial charge in [0.1, 0.15) is 17.3 Å². The van der Waals surface area contributed by atoms with Crippen molar-refractivity contribution in [1.82, 2.24) is 29.9 Å². The number of pyridine rings is 2. The van der Waals surface area contributed by atoms with Crippen LogP contribution < -0.4 is 10.6 Å². The van der Waals surface area contributed by atoms with Crippen LogP contribution >= 0.6 is 11.6 Å². The van der Waals surface area contributed by atoms with Gasteiger partial charge in [-0.2, -0.15) is 9.65 Å². The summed E-state index contributed by atoms with van der Waals surface area (Å²) in [5.74, 6) is -0.492. The predicted octanol–water partition coefficient (Wildman–Crippen LogP) is 5.96. The quantitative estimate of drug-likeness (QED) is 0.233. The van der Waals surface area contributed by atoms with Crippen LogP contribution in [0.25, 0.3) is 10.9 Å². The molecule has 6 rings (SSSR count). The van der Waals surface area contributed by atoms with E-state index in [0.29, 0.717) is 69.2 Å². The maximum Gasteiger partial charge on any atom is 0.250 e. The SMILES string of the molecule is Cc1nc(F)ccc1C(Nc1cc(Cl)c2ncc(C#N)c(NCC(C)(C)C)c2c1)c1cn(C2(C(=O)N3CCCC3)CC2)nn1. The molecule has 228 valence electrons. The third kappa shape index (κ3) is 5.66. The van der Waals surface area contributed by atoms with E-state index >= 15 is 0 Å². The number of benzene rings is 1. The van der Waals surface area contributed by atoms with E-state index in [1.54, 1.807) is 29.9 Å². The average Bonchev–Trinajstić information content (AvgIpc) is 3.35. The molecular formula is C32H35ClFN9O. The number of hydrogen-bond donors (Lipinski definition) is 2. The predicted molar refractivity (Wildman–Crippen MR) is 167 cm³/mol. The summed E-state index contributed by atoms with van der Waals surface area (Å²) in [4.78, 5) is 23.9. The molecule has 44 heavy (non-hydrogen) atoms. The Morgan fingerprint density at radius 1 is 1.23 bits per heavy atom. The Morgan fingerprint density at radius 2 is 1.98 bits per heavy atom. The first-order valence-corrected chi connectivity index (χ1v) is 15.2. The molecule has 1 amide bonds. The minimum Gasteiger partial charge on any atom is -0.383 e. The van der Waals surface area contributed by atoms with Gasteiger partial charge >= 0.3 is 0 Å². The number of aryl methyl sites for hydroxylation is 1. The number of anilines is 2. The van der Waals surface area contributed by atoms with Crippen LogP contribution in [0.5, 0.6) is 0 Å². The Hall–Kier alpha value is -4.30. The zero-order valence-electron chi connectivity index (χ0n) is 25.3. The number of nitrogens with zero attached hydrogens (tertiary/aromatic N) is 7. The fourth-order valence-corrected chi connectivity index (χ4v) is 6.06. The molecule has 1 atom stereocenters. The largest absolute Gasteiger partial charge is 0.383 e. The molecule has 3 aromatic heterocycles. The fourth-order valence-electron chi connectivity index (χ4n) is 5.79. The van der Waals surface area contributed by atoms with Crippen molar-refractivity contribution in [2.45, 2.75) is 65.0 Å². The summed E-state index contributed by atoms with van der Waals surface area (Å²) in [5, 5.41) is 26.8. The topological polar surface area (TPSA) is 125 Å². The number of aromatic nitrogens is 5. The summed E-state index contributed by atoms with van der Waals surface area (Å²) in [6.07, 6.45) is 6.77. The van der Waals surface area contributed by atoms with Gasteiger partial charge in [-0.15, -0.1) is 5.10 Å². The van der Waals surface area contributed by atoms with Crippen LogP contribution in [0.4, 0.5) is 15.8 Å². The lowest BCUT2D eigenvalue weighted by atomic mass is 9.96. The summed E-state index contributed by atoms with van der Waals surface area (Å²) in [5.41, 5.74) is 3.23. The van der Waals surface area contributed by atoms with Gasteiger partial charge in [0.2, 0.25) is 5.95 Å². The lowest BCUT2D eigenvalue weighted by molar-refractivity contribution is -0.135. The van der Waals surface area contributed by atoms with Gasteiger partial charge in [0.15, 0.2) is 0 Å². The first-order valence-electron chi connectivity index (χ1n) is 14.9. The monoisotopic (exact) mass is 615 g/mol. The Morgan fingerprint density at radius 3 is 2.64 bits per heavy atom. The number of halogens is 2. The van der Waals surface area contributed by atoms with E-state index in [9.17, 15) is 14.4 Å². The number of carbonyl (C=O) groups is 1. The van der Waals surface area contributed by atoms with Gasteiger partial charge in [-0.05, 0) is 56.2 Å². The molecule has 2 fully saturated rings. The molecule has 12 heteroatoms. The van der Waals surface area contributed by atoms with Crippen LogP contribution in [0.3, 0.4) is 0 Å². The van der Waals surface area contributed by atoms with Gasteiger partial charge in [0.05, 0.1) is 34.0 Å². The van der Waals surface area contributed by atoms with E-state index in [2.05, 4.69) is 57.8 Å². The first-order chi connectivity index (χ1) is 21.0. The Kier molecular flexibility index (Phi) is 7.66. The highest BCUT2D eigenvalue weighted by molar-refractivity contribution is 6.35. The van der Waals surface area contributed by atoms with Crippen LogP contribution in [-0.4, -0.2) is 55.4 Å². The van der Waals surface area contributed by atoms with Crippen molar-refractivity contribution in [3.05, 3.63) is 70.1 Å². The lowest BCUT2D eigenvalue weighted by Gasteiger charge is -2.23. The molecule has 1 unspecified atom stereocenters. The minimum absolute atomic E-state index is 0.0406. The van der Waals surface area contributed by atoms with E-state index in [1.807, 2.05) is 11.0 Å². The number of nitrogens with one attached hydrogen (secondary N) is 2. The molecule has 1 saturated carbocycles. The Labute approximate surface area is 260 Å². The third-order valence-corrected chi connectivity index (χ3v) is 8.60. The Balaban J connectivity index is 1.41. The molecule has 1 aliphatic heterocycles. The molecule has 0 bridgehead atoms. The molecule has 0 radical (unpaired) electrons. The van der Waals surface area contributed by atoms with Crippen molar-refractivity contribution in [3.63, 3.8) is 0 Å². The summed E-state index contributed by atoms with van der Waals surface area (Å²) in [7, 11) is 0. The number of fused-ring (bicyclic) bond motifs is 1. The summed E-state index contributed by atoms with van der Waals surface area (Å²) >= 11 is 6.77. The van der Waals surface area contributed by atoms with E-state index < -0.39 is 17.5 Å². The minimum atomic E-state index is -0.713. The highest BCUT2D eigenvalue weighted by Crippen LogP contribution is 2.46. The van der Waals surface area contributed by atoms with Crippen molar-refractivity contribution in [2.24, 2.45) is 5.41 Å². The van der Waals surface area contributed by atoms with Crippen LogP contribution in [0.15, 0.2) is 36.7 Å². The number of rotatable bonds is 8. The van der Waals surface area contributed by atoms with Crippen molar-refractivity contribution in [3.8, 4) is 6.07 Å². The van der Waals surface area contributed by atoms with E-state index in [4.69, 9.17) is 11.6 Å². The number of nitriles is 1. The second-order valence-electron chi connectivity index (χ2n) is 12.9. The molecule has 4 heterocycles. The van der Waals surface area contributed by atoms with Crippen LogP contribution in [-0.2, 0) is 10.3 Å². The van der Waals surface area contributed by atoms with Crippen LogP contribution in [0, 0.1) is 29.6 Å². The zero-order chi connectivity index (χ0) is 31.2. The van der Waals surface area contributed by atoms with Gasteiger partial charge < -0.3 is 15.5 Å². The second kappa shape index (κ2) is 11.3. The van der Waals surface area contributed by atoms with Gasteiger partial charge in [-0.3, -0.25) is 9.78 Å². The van der Waals surface area contributed by atoms with Crippen LogP contribution in [0.1, 0.15) is 75.0 Å². The van der Waals surface area contributed by atoms with Crippen molar-refractivity contribution >= 4 is 39.8 Å². The second-order valence-corrected chi connectivity index (χ2v) is 13.3. The molecule has 4 aromatic rings. The molecule has 1 aromatic carbocycles. The summed E-state index contributed by atoms with van der Waals surface area (Å²) in [6, 6.07) is 8.28. The standard InChI is InChI=1S/C32H35ClFN9O/c1-19-22(7-8-26(34)38-19)29(25-17-43(41-40-25)32(9-10-32)30(44)42-11-5-6-12-42)39-21-13-23-27(37-18-31(2,3)4)20(15-35)16-36-28(23)24(33)14-21/h7-8,13-14,16-17,29,39H,5-6,9-12,18H2,1-4H3,(H,36,37). The maximum atomic E-state index is 14.1. The molecule has 1 saturated heterocycles. The molecular weight excluding hydrogens is 581 g/mol. The van der Waals surface area contributed by atoms with E-state index in [1.165, 1.54) is 12.3 Å². The van der Waals surface area contributed by atoms with E-state index in [0.717, 1.165) is 25.9 Å². The fraction of sp³-hybridized carbons (Fsp3) is 0.438. The number of likely N-dealkylation sites (tertiary alicyclic amines) is 1. The molecule has 10 nitrogen and oxygen atoms in total. The van der Waals surface area contributed by atoms with Gasteiger partial charge in [-0.25, -0.2) is 9.67 Å². The Bertz CT molecular complexity index is 1780. The molecule has 1 aliphatic carbocycles. The van der Waals surface area contributed by atoms with E-state index in [-0.39, 0.29) is 11.3 Å². The molecule has 2 aliphatic rings.